The zero-order valence-corrected chi connectivity index (χ0v) is 14.9. The number of nitrogens with two attached hydrogens (primary N) is 1. The molecular weight excluding hydrogens is 421 g/mol. The molecule has 0 saturated carbocycles. The van der Waals surface area contributed by atoms with E-state index >= 15 is 0 Å². The van der Waals surface area contributed by atoms with Crippen LogP contribution in [0.5, 0.6) is 5.75 Å². The van der Waals surface area contributed by atoms with Crippen LogP contribution >= 0.6 is 22.9 Å². The summed E-state index contributed by atoms with van der Waals surface area (Å²) >= 11 is 2.03. The molecule has 0 radical (unpaired) electrons. The highest BCUT2D eigenvalue weighted by Crippen LogP contribution is 2.28. The quantitative estimate of drug-likeness (QED) is 0.486. The number of hydrogen-bond acceptors (Lipinski definition) is 5. The summed E-state index contributed by atoms with van der Waals surface area (Å²) < 4.78 is 6.71. The van der Waals surface area contributed by atoms with Gasteiger partial charge in [0.15, 0.2) is 0 Å². The molecule has 3 aromatic rings. The molecule has 2 aromatic carbocycles. The van der Waals surface area contributed by atoms with Crippen LogP contribution in [0.25, 0.3) is 11.3 Å². The molecule has 0 bridgehead atoms. The van der Waals surface area contributed by atoms with E-state index in [0.717, 1.165) is 11.3 Å². The van der Waals surface area contributed by atoms with Crippen molar-refractivity contribution in [1.82, 2.24) is 13.2 Å². The average Bonchev–Trinajstić information content (AvgIpc) is 3.03. The largest absolute Gasteiger partial charge is 0.497 e. The number of benzene rings is 2. The molecule has 1 amide bonds. The molecule has 0 aliphatic rings. The zero-order valence-electron chi connectivity index (χ0n) is 12.7. The lowest BCUT2D eigenvalue weighted by Crippen LogP contribution is -2.13. The van der Waals surface area contributed by atoms with Gasteiger partial charge < -0.3 is 15.8 Å². The van der Waals surface area contributed by atoms with Gasteiger partial charge in [0.1, 0.15) is 11.4 Å². The molecule has 122 valence electrons. The van der Waals surface area contributed by atoms with Crippen molar-refractivity contribution in [2.45, 2.75) is 0 Å². The minimum Gasteiger partial charge on any atom is -0.497 e. The van der Waals surface area contributed by atoms with Crippen molar-refractivity contribution in [3.05, 3.63) is 54.2 Å². The number of methoxy groups -OCH3 is 1. The Balaban J connectivity index is 1.86. The van der Waals surface area contributed by atoms with Crippen molar-refractivity contribution in [3.63, 3.8) is 0 Å². The van der Waals surface area contributed by atoms with Gasteiger partial charge in [-0.1, -0.05) is 11.3 Å². The number of rotatable bonds is 4. The van der Waals surface area contributed by atoms with E-state index in [1.54, 1.807) is 52.6 Å². The number of amides is 1. The molecule has 0 aliphatic heterocycles. The van der Waals surface area contributed by atoms with Crippen molar-refractivity contribution in [1.29, 1.82) is 0 Å². The Bertz CT molecular complexity index is 876. The van der Waals surface area contributed by atoms with Crippen LogP contribution in [0.1, 0.15) is 10.4 Å². The third-order valence-corrected chi connectivity index (χ3v) is 4.17. The standard InChI is InChI=1S/C16H14IN5O2/c1-24-12-5-2-10(3-6-12)16(23)20-14-8-11(4-7-13(14)18)15-9-19-21-22(15)17/h2-9H,18H2,1H3,(H,20,23). The fourth-order valence-corrected chi connectivity index (χ4v) is 2.68. The molecule has 1 heterocycles. The molecule has 0 fully saturated rings. The number of carbonyl (C=O) groups excluding carboxylic acids is 1. The van der Waals surface area contributed by atoms with Gasteiger partial charge in [-0.2, -0.15) is 2.90 Å². The van der Waals surface area contributed by atoms with E-state index < -0.39 is 0 Å². The summed E-state index contributed by atoms with van der Waals surface area (Å²) in [5, 5.41) is 10.6. The van der Waals surface area contributed by atoms with Crippen molar-refractivity contribution in [2.75, 3.05) is 18.2 Å². The van der Waals surface area contributed by atoms with Crippen LogP contribution in [0.15, 0.2) is 48.7 Å². The number of aromatic nitrogens is 3. The Hall–Kier alpha value is -2.62. The number of anilines is 2. The van der Waals surface area contributed by atoms with E-state index in [4.69, 9.17) is 10.5 Å². The average molecular weight is 435 g/mol. The van der Waals surface area contributed by atoms with E-state index in [1.807, 2.05) is 28.9 Å². The van der Waals surface area contributed by atoms with Crippen LogP contribution in [-0.4, -0.2) is 26.2 Å². The highest BCUT2D eigenvalue weighted by molar-refractivity contribution is 14.1. The Labute approximate surface area is 152 Å². The first-order chi connectivity index (χ1) is 11.6. The van der Waals surface area contributed by atoms with Gasteiger partial charge in [-0.05, 0) is 36.4 Å². The van der Waals surface area contributed by atoms with E-state index in [2.05, 4.69) is 15.6 Å². The summed E-state index contributed by atoms with van der Waals surface area (Å²) in [6, 6.07) is 12.2. The molecule has 0 aliphatic carbocycles. The lowest BCUT2D eigenvalue weighted by molar-refractivity contribution is 0.102. The molecule has 0 spiro atoms. The predicted molar refractivity (Wildman–Crippen MR) is 100 cm³/mol. The number of carbonyl (C=O) groups is 1. The van der Waals surface area contributed by atoms with Crippen molar-refractivity contribution < 1.29 is 9.53 Å². The van der Waals surface area contributed by atoms with Gasteiger partial charge in [0.25, 0.3) is 5.91 Å². The number of nitrogens with one attached hydrogen (secondary N) is 1. The zero-order chi connectivity index (χ0) is 17.1. The third kappa shape index (κ3) is 3.32. The first-order valence-corrected chi connectivity index (χ1v) is 7.97. The van der Waals surface area contributed by atoms with Gasteiger partial charge in [-0.25, -0.2) is 0 Å². The summed E-state index contributed by atoms with van der Waals surface area (Å²) in [6.45, 7) is 0. The van der Waals surface area contributed by atoms with Crippen molar-refractivity contribution in [3.8, 4) is 17.0 Å². The Kier molecular flexibility index (Phi) is 4.65. The SMILES string of the molecule is COc1ccc(C(=O)Nc2cc(-c3cnnn3I)ccc2N)cc1. The Morgan fingerprint density at radius 1 is 1.25 bits per heavy atom. The maximum Gasteiger partial charge on any atom is 0.255 e. The summed E-state index contributed by atoms with van der Waals surface area (Å²) in [7, 11) is 1.58. The van der Waals surface area contributed by atoms with Crippen LogP contribution in [-0.2, 0) is 0 Å². The fraction of sp³-hybridized carbons (Fsp3) is 0.0625. The molecule has 8 heteroatoms. The number of halogens is 1. The molecule has 7 nitrogen and oxygen atoms in total. The van der Waals surface area contributed by atoms with Crippen LogP contribution in [0.3, 0.4) is 0 Å². The predicted octanol–water partition coefficient (Wildman–Crippen LogP) is 2.99. The number of ether oxygens (including phenoxy) is 1. The molecule has 0 atom stereocenters. The minimum absolute atomic E-state index is 0.248. The smallest absolute Gasteiger partial charge is 0.255 e. The van der Waals surface area contributed by atoms with E-state index in [-0.39, 0.29) is 5.91 Å². The molecule has 24 heavy (non-hydrogen) atoms. The Morgan fingerprint density at radius 2 is 2.00 bits per heavy atom. The van der Waals surface area contributed by atoms with Crippen LogP contribution in [0.4, 0.5) is 11.4 Å². The highest BCUT2D eigenvalue weighted by Gasteiger charge is 2.11. The minimum atomic E-state index is -0.248. The monoisotopic (exact) mass is 435 g/mol. The number of hydrogen-bond donors (Lipinski definition) is 2. The lowest BCUT2D eigenvalue weighted by atomic mass is 10.1. The van der Waals surface area contributed by atoms with Crippen molar-refractivity contribution >= 4 is 40.1 Å². The summed E-state index contributed by atoms with van der Waals surface area (Å²) in [5.41, 5.74) is 9.18. The molecule has 3 N–H and O–H groups in total. The second-order valence-electron chi connectivity index (χ2n) is 4.96. The van der Waals surface area contributed by atoms with Crippen LogP contribution in [0.2, 0.25) is 0 Å². The molecule has 1 aromatic heterocycles. The summed E-state index contributed by atoms with van der Waals surface area (Å²) in [4.78, 5) is 12.4. The second-order valence-corrected chi connectivity index (χ2v) is 5.88. The van der Waals surface area contributed by atoms with Gasteiger partial charge in [0.2, 0.25) is 0 Å². The van der Waals surface area contributed by atoms with Crippen LogP contribution < -0.4 is 15.8 Å². The normalized spacial score (nSPS) is 10.4. The van der Waals surface area contributed by atoms with E-state index in [9.17, 15) is 4.79 Å². The first-order valence-electron chi connectivity index (χ1n) is 7.00. The van der Waals surface area contributed by atoms with Crippen molar-refractivity contribution in [2.24, 2.45) is 0 Å². The lowest BCUT2D eigenvalue weighted by Gasteiger charge is -2.10. The van der Waals surface area contributed by atoms with E-state index in [1.165, 1.54) is 0 Å². The van der Waals surface area contributed by atoms with Crippen LogP contribution in [0, 0.1) is 0 Å². The van der Waals surface area contributed by atoms with Gasteiger partial charge in [-0.3, -0.25) is 4.79 Å². The topological polar surface area (TPSA) is 95.1 Å². The van der Waals surface area contributed by atoms with Gasteiger partial charge in [-0.15, -0.1) is 5.10 Å². The third-order valence-electron chi connectivity index (χ3n) is 3.46. The van der Waals surface area contributed by atoms with Gasteiger partial charge >= 0.3 is 0 Å². The summed E-state index contributed by atoms with van der Waals surface area (Å²) in [6.07, 6.45) is 1.65. The highest BCUT2D eigenvalue weighted by atomic mass is 127. The maximum atomic E-state index is 12.4. The number of nitrogens with zero attached hydrogens (tertiary/aromatic N) is 3. The summed E-state index contributed by atoms with van der Waals surface area (Å²) in [5.74, 6) is 0.443. The molecule has 3 rings (SSSR count). The van der Waals surface area contributed by atoms with E-state index in [0.29, 0.717) is 22.7 Å². The number of nitrogen functional groups attached to an aromatic ring is 1. The molecule has 0 saturated heterocycles. The fourth-order valence-electron chi connectivity index (χ4n) is 2.16. The molecular formula is C16H14IN5O2. The Morgan fingerprint density at radius 3 is 2.62 bits per heavy atom. The maximum absolute atomic E-state index is 12.4. The molecule has 0 unspecified atom stereocenters. The first kappa shape index (κ1) is 16.2. The van der Waals surface area contributed by atoms with Gasteiger partial charge in [0, 0.05) is 11.1 Å². The van der Waals surface area contributed by atoms with Gasteiger partial charge in [0.05, 0.1) is 47.5 Å². The second kappa shape index (κ2) is 6.87.